The van der Waals surface area contributed by atoms with Gasteiger partial charge in [-0.1, -0.05) is 12.1 Å². The van der Waals surface area contributed by atoms with Crippen LogP contribution in [0.2, 0.25) is 0 Å². The third kappa shape index (κ3) is 3.27. The van der Waals surface area contributed by atoms with E-state index in [0.29, 0.717) is 26.4 Å². The Hall–Kier alpha value is -1.54. The van der Waals surface area contributed by atoms with E-state index in [2.05, 4.69) is 9.80 Å². The fraction of sp³-hybridized carbons (Fsp3) is 0.600. The van der Waals surface area contributed by atoms with Gasteiger partial charge in [-0.3, -0.25) is 19.9 Å². The van der Waals surface area contributed by atoms with Crippen LogP contribution in [0.3, 0.4) is 0 Å². The Morgan fingerprint density at radius 3 is 1.95 bits per heavy atom. The van der Waals surface area contributed by atoms with Gasteiger partial charge in [0.25, 0.3) is 5.69 Å². The number of ether oxygens (including phenoxy) is 2. The molecule has 0 bridgehead atoms. The number of hydrogen-bond acceptors (Lipinski definition) is 6. The van der Waals surface area contributed by atoms with Gasteiger partial charge in [-0.2, -0.15) is 0 Å². The lowest BCUT2D eigenvalue weighted by Crippen LogP contribution is -2.50. The summed E-state index contributed by atoms with van der Waals surface area (Å²) in [5.41, 5.74) is 0.946. The van der Waals surface area contributed by atoms with Gasteiger partial charge >= 0.3 is 0 Å². The molecular formula is C15H21N3O4. The van der Waals surface area contributed by atoms with Gasteiger partial charge in [0, 0.05) is 32.2 Å². The number of nitrogens with zero attached hydrogens (tertiary/aromatic N) is 3. The molecule has 2 heterocycles. The van der Waals surface area contributed by atoms with Crippen molar-refractivity contribution < 1.29 is 14.4 Å². The van der Waals surface area contributed by atoms with Gasteiger partial charge in [-0.25, -0.2) is 0 Å². The van der Waals surface area contributed by atoms with Crippen molar-refractivity contribution in [3.63, 3.8) is 0 Å². The molecule has 2 saturated heterocycles. The zero-order valence-corrected chi connectivity index (χ0v) is 12.5. The smallest absolute Gasteiger partial charge is 0.275 e. The minimum atomic E-state index is -0.288. The van der Waals surface area contributed by atoms with E-state index in [0.717, 1.165) is 31.7 Å². The number of hydrogen-bond donors (Lipinski definition) is 0. The number of nitro benzene ring substituents is 1. The average Bonchev–Trinajstić information content (AvgIpc) is 2.57. The molecule has 0 radical (unpaired) electrons. The summed E-state index contributed by atoms with van der Waals surface area (Å²) in [6, 6.07) is 7.05. The van der Waals surface area contributed by atoms with Crippen molar-refractivity contribution >= 4 is 5.69 Å². The summed E-state index contributed by atoms with van der Waals surface area (Å²) < 4.78 is 10.9. The molecule has 2 fully saturated rings. The van der Waals surface area contributed by atoms with Crippen molar-refractivity contribution in [3.8, 4) is 0 Å². The Morgan fingerprint density at radius 1 is 0.955 bits per heavy atom. The lowest BCUT2D eigenvalue weighted by molar-refractivity contribution is -0.386. The zero-order chi connectivity index (χ0) is 15.4. The lowest BCUT2D eigenvalue weighted by atomic mass is 10.1. The number of morpholine rings is 2. The first kappa shape index (κ1) is 15.4. The lowest BCUT2D eigenvalue weighted by Gasteiger charge is -2.42. The van der Waals surface area contributed by atoms with Gasteiger partial charge < -0.3 is 9.47 Å². The van der Waals surface area contributed by atoms with Gasteiger partial charge in [0.05, 0.1) is 43.1 Å². The van der Waals surface area contributed by atoms with Gasteiger partial charge in [-0.15, -0.1) is 0 Å². The third-order valence-corrected chi connectivity index (χ3v) is 4.19. The highest BCUT2D eigenvalue weighted by Crippen LogP contribution is 2.32. The molecule has 2 aliphatic heterocycles. The molecule has 0 amide bonds. The highest BCUT2D eigenvalue weighted by molar-refractivity contribution is 5.42. The molecule has 0 spiro atoms. The number of nitro groups is 1. The van der Waals surface area contributed by atoms with E-state index < -0.39 is 0 Å². The first-order valence-electron chi connectivity index (χ1n) is 7.64. The zero-order valence-electron chi connectivity index (χ0n) is 12.5. The van der Waals surface area contributed by atoms with Crippen LogP contribution in [0, 0.1) is 10.1 Å². The van der Waals surface area contributed by atoms with Crippen molar-refractivity contribution in [1.29, 1.82) is 0 Å². The van der Waals surface area contributed by atoms with Crippen molar-refractivity contribution in [2.75, 3.05) is 52.6 Å². The standard InChI is InChI=1S/C15H21N3O4/c19-18(20)14-4-2-1-3-13(14)15(16-5-9-21-10-6-16)17-7-11-22-12-8-17/h1-4,15H,5-12H2. The van der Waals surface area contributed by atoms with Gasteiger partial charge in [0.2, 0.25) is 0 Å². The Morgan fingerprint density at radius 2 is 1.45 bits per heavy atom. The molecule has 0 aromatic heterocycles. The summed E-state index contributed by atoms with van der Waals surface area (Å²) in [6.07, 6.45) is -0.0885. The van der Waals surface area contributed by atoms with E-state index in [1.807, 2.05) is 12.1 Å². The fourth-order valence-corrected chi connectivity index (χ4v) is 3.14. The minimum Gasteiger partial charge on any atom is -0.379 e. The molecule has 1 aromatic carbocycles. The summed E-state index contributed by atoms with van der Waals surface area (Å²) >= 11 is 0. The summed E-state index contributed by atoms with van der Waals surface area (Å²) in [6.45, 7) is 5.82. The van der Waals surface area contributed by atoms with Crippen molar-refractivity contribution in [2.45, 2.75) is 6.17 Å². The first-order chi connectivity index (χ1) is 10.8. The van der Waals surface area contributed by atoms with E-state index in [1.54, 1.807) is 12.1 Å². The average molecular weight is 307 g/mol. The molecule has 0 saturated carbocycles. The summed E-state index contributed by atoms with van der Waals surface area (Å²) in [5, 5.41) is 11.4. The van der Waals surface area contributed by atoms with E-state index in [1.165, 1.54) is 0 Å². The van der Waals surface area contributed by atoms with Crippen molar-refractivity contribution in [2.24, 2.45) is 0 Å². The third-order valence-electron chi connectivity index (χ3n) is 4.19. The minimum absolute atomic E-state index is 0.0885. The van der Waals surface area contributed by atoms with E-state index in [4.69, 9.17) is 9.47 Å². The first-order valence-corrected chi connectivity index (χ1v) is 7.64. The summed E-state index contributed by atoms with van der Waals surface area (Å²) in [5.74, 6) is 0. The molecule has 0 atom stereocenters. The maximum atomic E-state index is 11.4. The van der Waals surface area contributed by atoms with Crippen LogP contribution in [0.4, 0.5) is 5.69 Å². The number of benzene rings is 1. The van der Waals surface area contributed by atoms with Crippen LogP contribution >= 0.6 is 0 Å². The Bertz CT molecular complexity index is 495. The summed E-state index contributed by atoms with van der Waals surface area (Å²) in [4.78, 5) is 15.7. The monoisotopic (exact) mass is 307 g/mol. The van der Waals surface area contributed by atoms with Crippen LogP contribution in [0.15, 0.2) is 24.3 Å². The molecule has 120 valence electrons. The quantitative estimate of drug-likeness (QED) is 0.616. The second kappa shape index (κ2) is 7.15. The number of rotatable bonds is 4. The Kier molecular flexibility index (Phi) is 4.99. The van der Waals surface area contributed by atoms with E-state index >= 15 is 0 Å². The van der Waals surface area contributed by atoms with Gasteiger partial charge in [0.1, 0.15) is 0 Å². The van der Waals surface area contributed by atoms with E-state index in [9.17, 15) is 10.1 Å². The van der Waals surface area contributed by atoms with Crippen LogP contribution in [0.1, 0.15) is 11.7 Å². The van der Waals surface area contributed by atoms with Crippen molar-refractivity contribution in [1.82, 2.24) is 9.80 Å². The van der Waals surface area contributed by atoms with Gasteiger partial charge in [-0.05, 0) is 6.07 Å². The highest BCUT2D eigenvalue weighted by atomic mass is 16.6. The topological polar surface area (TPSA) is 68.1 Å². The predicted octanol–water partition coefficient (Wildman–Crippen LogP) is 1.26. The second-order valence-electron chi connectivity index (χ2n) is 5.49. The van der Waals surface area contributed by atoms with E-state index in [-0.39, 0.29) is 16.8 Å². The summed E-state index contributed by atoms with van der Waals surface area (Å²) in [7, 11) is 0. The maximum Gasteiger partial charge on any atom is 0.275 e. The molecule has 22 heavy (non-hydrogen) atoms. The van der Waals surface area contributed by atoms with Crippen LogP contribution < -0.4 is 0 Å². The van der Waals surface area contributed by atoms with Crippen LogP contribution in [0.25, 0.3) is 0 Å². The molecule has 0 unspecified atom stereocenters. The molecule has 0 aliphatic carbocycles. The molecule has 0 N–H and O–H groups in total. The number of para-hydroxylation sites is 1. The van der Waals surface area contributed by atoms with Gasteiger partial charge in [0.15, 0.2) is 0 Å². The fourth-order valence-electron chi connectivity index (χ4n) is 3.14. The molecule has 1 aromatic rings. The van der Waals surface area contributed by atoms with Crippen molar-refractivity contribution in [3.05, 3.63) is 39.9 Å². The SMILES string of the molecule is O=[N+]([O-])c1ccccc1C(N1CCOCC1)N1CCOCC1. The Balaban J connectivity index is 1.95. The Labute approximate surface area is 129 Å². The predicted molar refractivity (Wildman–Crippen MR) is 80.6 cm³/mol. The molecule has 2 aliphatic rings. The molecule has 3 rings (SSSR count). The molecule has 7 nitrogen and oxygen atoms in total. The maximum absolute atomic E-state index is 11.4. The largest absolute Gasteiger partial charge is 0.379 e. The van der Waals surface area contributed by atoms with Crippen LogP contribution in [-0.4, -0.2) is 67.3 Å². The normalized spacial score (nSPS) is 21.1. The van der Waals surface area contributed by atoms with Crippen LogP contribution in [-0.2, 0) is 9.47 Å². The van der Waals surface area contributed by atoms with Crippen LogP contribution in [0.5, 0.6) is 0 Å². The highest BCUT2D eigenvalue weighted by Gasteiger charge is 2.33. The second-order valence-corrected chi connectivity index (χ2v) is 5.49. The molecular weight excluding hydrogens is 286 g/mol. The molecule has 7 heteroatoms.